The van der Waals surface area contributed by atoms with Gasteiger partial charge in [0, 0.05) is 30.5 Å². The van der Waals surface area contributed by atoms with E-state index in [0.717, 1.165) is 36.9 Å². The summed E-state index contributed by atoms with van der Waals surface area (Å²) in [5.74, 6) is 1.51. The molecule has 6 heteroatoms. The van der Waals surface area contributed by atoms with Crippen LogP contribution in [-0.2, 0) is 9.53 Å². The molecule has 1 aliphatic carbocycles. The molecule has 0 amide bonds. The zero-order valence-electron chi connectivity index (χ0n) is 11.2. The Hall–Kier alpha value is -1.17. The quantitative estimate of drug-likeness (QED) is 0.792. The molecule has 1 atom stereocenters. The van der Waals surface area contributed by atoms with E-state index in [4.69, 9.17) is 4.74 Å². The number of ether oxygens (including phenoxy) is 1. The molecule has 0 spiro atoms. The zero-order chi connectivity index (χ0) is 13.2. The van der Waals surface area contributed by atoms with Gasteiger partial charge in [0.25, 0.3) is 0 Å². The predicted octanol–water partition coefficient (Wildman–Crippen LogP) is 2.20. The number of piperidine rings is 1. The van der Waals surface area contributed by atoms with Gasteiger partial charge in [0.05, 0.1) is 12.5 Å². The van der Waals surface area contributed by atoms with E-state index in [0.29, 0.717) is 12.5 Å². The molecular formula is C13H19N3O2S. The van der Waals surface area contributed by atoms with Gasteiger partial charge in [-0.15, -0.1) is 0 Å². The summed E-state index contributed by atoms with van der Waals surface area (Å²) < 4.78 is 9.55. The van der Waals surface area contributed by atoms with E-state index in [2.05, 4.69) is 14.3 Å². The van der Waals surface area contributed by atoms with Gasteiger partial charge in [-0.1, -0.05) is 0 Å². The summed E-state index contributed by atoms with van der Waals surface area (Å²) in [5, 5.41) is 0.968. The minimum atomic E-state index is -0.0702. The van der Waals surface area contributed by atoms with Gasteiger partial charge in [-0.25, -0.2) is 4.98 Å². The van der Waals surface area contributed by atoms with Crippen molar-refractivity contribution in [3.05, 3.63) is 5.82 Å². The third-order valence-corrected chi connectivity index (χ3v) is 4.48. The highest BCUT2D eigenvalue weighted by atomic mass is 32.1. The maximum atomic E-state index is 11.8. The fourth-order valence-electron chi connectivity index (χ4n) is 2.47. The van der Waals surface area contributed by atoms with Crippen molar-refractivity contribution >= 4 is 22.6 Å². The molecule has 5 nitrogen and oxygen atoms in total. The van der Waals surface area contributed by atoms with Gasteiger partial charge in [0.15, 0.2) is 0 Å². The average Bonchev–Trinajstić information content (AvgIpc) is 3.17. The molecule has 0 aromatic carbocycles. The zero-order valence-corrected chi connectivity index (χ0v) is 12.0. The maximum absolute atomic E-state index is 11.8. The molecule has 1 saturated carbocycles. The lowest BCUT2D eigenvalue weighted by atomic mass is 9.99. The Kier molecular flexibility index (Phi) is 3.68. The second kappa shape index (κ2) is 5.45. The minimum Gasteiger partial charge on any atom is -0.466 e. The number of carbonyl (C=O) groups excluding carboxylic acids is 1. The lowest BCUT2D eigenvalue weighted by molar-refractivity contribution is -0.148. The Balaban J connectivity index is 1.64. The molecular weight excluding hydrogens is 262 g/mol. The van der Waals surface area contributed by atoms with Gasteiger partial charge in [-0.2, -0.15) is 4.37 Å². The molecule has 1 aliphatic heterocycles. The second-order valence-corrected chi connectivity index (χ2v) is 5.98. The number of aromatic nitrogens is 2. The van der Waals surface area contributed by atoms with Crippen molar-refractivity contribution in [1.29, 1.82) is 0 Å². The molecule has 3 rings (SSSR count). The molecule has 0 radical (unpaired) electrons. The lowest BCUT2D eigenvalue weighted by Crippen LogP contribution is -2.39. The van der Waals surface area contributed by atoms with Crippen LogP contribution in [0, 0.1) is 5.92 Å². The van der Waals surface area contributed by atoms with Crippen LogP contribution in [0.15, 0.2) is 0 Å². The molecule has 1 aromatic rings. The summed E-state index contributed by atoms with van der Waals surface area (Å²) in [6.07, 6.45) is 4.38. The topological polar surface area (TPSA) is 55.3 Å². The van der Waals surface area contributed by atoms with Crippen LogP contribution in [-0.4, -0.2) is 35.0 Å². The molecule has 2 heterocycles. The SMILES string of the molecule is CCOC(=O)C1CCCN(c2nc(C3CC3)ns2)C1. The van der Waals surface area contributed by atoms with Gasteiger partial charge in [-0.3, -0.25) is 4.79 Å². The molecule has 2 aliphatic rings. The summed E-state index contributed by atoms with van der Waals surface area (Å²) in [7, 11) is 0. The van der Waals surface area contributed by atoms with Crippen LogP contribution in [0.1, 0.15) is 44.3 Å². The highest BCUT2D eigenvalue weighted by molar-refractivity contribution is 7.09. The van der Waals surface area contributed by atoms with E-state index < -0.39 is 0 Å². The molecule has 1 aromatic heterocycles. The maximum Gasteiger partial charge on any atom is 0.310 e. The number of anilines is 1. The highest BCUT2D eigenvalue weighted by Gasteiger charge is 2.31. The first-order chi connectivity index (χ1) is 9.28. The molecule has 1 unspecified atom stereocenters. The Morgan fingerprint density at radius 1 is 1.47 bits per heavy atom. The molecule has 0 N–H and O–H groups in total. The normalized spacial score (nSPS) is 23.4. The first-order valence-electron chi connectivity index (χ1n) is 7.03. The van der Waals surface area contributed by atoms with Crippen molar-refractivity contribution in [1.82, 2.24) is 9.36 Å². The fraction of sp³-hybridized carbons (Fsp3) is 0.769. The summed E-state index contributed by atoms with van der Waals surface area (Å²) in [4.78, 5) is 18.6. The van der Waals surface area contributed by atoms with E-state index in [1.165, 1.54) is 24.4 Å². The monoisotopic (exact) mass is 281 g/mol. The third kappa shape index (κ3) is 2.88. The molecule has 0 bridgehead atoms. The Morgan fingerprint density at radius 3 is 3.05 bits per heavy atom. The van der Waals surface area contributed by atoms with Crippen molar-refractivity contribution in [2.75, 3.05) is 24.6 Å². The van der Waals surface area contributed by atoms with Crippen molar-refractivity contribution in [3.63, 3.8) is 0 Å². The predicted molar refractivity (Wildman–Crippen MR) is 73.5 cm³/mol. The second-order valence-electron chi connectivity index (χ2n) is 5.25. The van der Waals surface area contributed by atoms with Crippen LogP contribution < -0.4 is 4.90 Å². The number of carbonyl (C=O) groups is 1. The van der Waals surface area contributed by atoms with E-state index in [9.17, 15) is 4.79 Å². The molecule has 1 saturated heterocycles. The summed E-state index contributed by atoms with van der Waals surface area (Å²) in [6.45, 7) is 4.00. The number of esters is 1. The van der Waals surface area contributed by atoms with Crippen LogP contribution in [0.4, 0.5) is 5.13 Å². The van der Waals surface area contributed by atoms with Crippen molar-refractivity contribution in [2.45, 2.75) is 38.5 Å². The molecule has 2 fully saturated rings. The average molecular weight is 281 g/mol. The van der Waals surface area contributed by atoms with Crippen LogP contribution in [0.5, 0.6) is 0 Å². The van der Waals surface area contributed by atoms with Crippen molar-refractivity contribution in [3.8, 4) is 0 Å². The number of hydrogen-bond donors (Lipinski definition) is 0. The van der Waals surface area contributed by atoms with Gasteiger partial charge < -0.3 is 9.64 Å². The standard InChI is InChI=1S/C13H19N3O2S/c1-2-18-12(17)10-4-3-7-16(8-10)13-14-11(15-19-13)9-5-6-9/h9-10H,2-8H2,1H3. The number of rotatable bonds is 4. The first kappa shape index (κ1) is 12.8. The summed E-state index contributed by atoms with van der Waals surface area (Å²) in [6, 6.07) is 0. The Labute approximate surface area is 117 Å². The van der Waals surface area contributed by atoms with E-state index in [1.807, 2.05) is 6.92 Å². The fourth-order valence-corrected chi connectivity index (χ4v) is 3.25. The number of nitrogens with zero attached hydrogens (tertiary/aromatic N) is 3. The Bertz CT molecular complexity index is 458. The summed E-state index contributed by atoms with van der Waals surface area (Å²) >= 11 is 1.46. The van der Waals surface area contributed by atoms with Gasteiger partial charge >= 0.3 is 5.97 Å². The van der Waals surface area contributed by atoms with E-state index in [1.54, 1.807) is 0 Å². The van der Waals surface area contributed by atoms with E-state index >= 15 is 0 Å². The van der Waals surface area contributed by atoms with Crippen molar-refractivity contribution < 1.29 is 9.53 Å². The third-order valence-electron chi connectivity index (χ3n) is 3.69. The van der Waals surface area contributed by atoms with Crippen molar-refractivity contribution in [2.24, 2.45) is 5.92 Å². The molecule has 19 heavy (non-hydrogen) atoms. The van der Waals surface area contributed by atoms with Gasteiger partial charge in [0.2, 0.25) is 5.13 Å². The van der Waals surface area contributed by atoms with Crippen LogP contribution >= 0.6 is 11.5 Å². The smallest absolute Gasteiger partial charge is 0.310 e. The summed E-state index contributed by atoms with van der Waals surface area (Å²) in [5.41, 5.74) is 0. The van der Waals surface area contributed by atoms with Crippen LogP contribution in [0.3, 0.4) is 0 Å². The molecule has 104 valence electrons. The number of hydrogen-bond acceptors (Lipinski definition) is 6. The van der Waals surface area contributed by atoms with E-state index in [-0.39, 0.29) is 11.9 Å². The minimum absolute atomic E-state index is 0.0121. The lowest BCUT2D eigenvalue weighted by Gasteiger charge is -2.30. The van der Waals surface area contributed by atoms with Crippen LogP contribution in [0.25, 0.3) is 0 Å². The highest BCUT2D eigenvalue weighted by Crippen LogP contribution is 2.40. The first-order valence-corrected chi connectivity index (χ1v) is 7.80. The Morgan fingerprint density at radius 2 is 2.32 bits per heavy atom. The van der Waals surface area contributed by atoms with Gasteiger partial charge in [0.1, 0.15) is 5.82 Å². The largest absolute Gasteiger partial charge is 0.466 e. The van der Waals surface area contributed by atoms with Gasteiger partial charge in [-0.05, 0) is 32.6 Å². The van der Waals surface area contributed by atoms with Crippen LogP contribution in [0.2, 0.25) is 0 Å².